The molecule has 1 heterocycles. The van der Waals surface area contributed by atoms with Crippen molar-refractivity contribution < 1.29 is 0 Å². The van der Waals surface area contributed by atoms with Gasteiger partial charge in [-0.05, 0) is 38.8 Å². The van der Waals surface area contributed by atoms with Crippen molar-refractivity contribution in [3.8, 4) is 0 Å². The Balaban J connectivity index is 2.29. The zero-order chi connectivity index (χ0) is 8.81. The maximum atomic E-state index is 4.60. The Hall–Kier alpha value is -0.0800. The van der Waals surface area contributed by atoms with Gasteiger partial charge < -0.3 is 0 Å². The van der Waals surface area contributed by atoms with Gasteiger partial charge in [0.15, 0.2) is 0 Å². The van der Waals surface area contributed by atoms with Gasteiger partial charge in [-0.1, -0.05) is 13.8 Å². The van der Waals surface area contributed by atoms with E-state index in [0.29, 0.717) is 6.17 Å². The lowest BCUT2D eigenvalue weighted by atomic mass is 10.2. The highest BCUT2D eigenvalue weighted by molar-refractivity contribution is 4.74. The number of nitrogens with zero attached hydrogens (tertiary/aromatic N) is 2. The van der Waals surface area contributed by atoms with Gasteiger partial charge in [0.25, 0.3) is 0 Å². The summed E-state index contributed by atoms with van der Waals surface area (Å²) in [6.07, 6.45) is 5.66. The molecule has 0 aromatic rings. The molecular formula is C10H21N2. The summed E-state index contributed by atoms with van der Waals surface area (Å²) >= 11 is 0. The van der Waals surface area contributed by atoms with Crippen molar-refractivity contribution in [2.75, 3.05) is 19.6 Å². The minimum atomic E-state index is 0.560. The van der Waals surface area contributed by atoms with E-state index in [1.807, 2.05) is 0 Å². The molecule has 1 rings (SSSR count). The first-order valence-electron chi connectivity index (χ1n) is 5.29. The molecule has 0 aliphatic carbocycles. The van der Waals surface area contributed by atoms with E-state index in [-0.39, 0.29) is 0 Å². The van der Waals surface area contributed by atoms with E-state index < -0.39 is 0 Å². The van der Waals surface area contributed by atoms with E-state index in [9.17, 15) is 0 Å². The Morgan fingerprint density at radius 1 is 1.25 bits per heavy atom. The predicted octanol–water partition coefficient (Wildman–Crippen LogP) is 1.83. The van der Waals surface area contributed by atoms with Crippen LogP contribution in [0.5, 0.6) is 0 Å². The van der Waals surface area contributed by atoms with Crippen molar-refractivity contribution in [2.45, 2.75) is 45.7 Å². The van der Waals surface area contributed by atoms with Crippen LogP contribution in [0.1, 0.15) is 39.5 Å². The molecule has 2 heteroatoms. The monoisotopic (exact) mass is 169 g/mol. The Morgan fingerprint density at radius 2 is 1.92 bits per heavy atom. The van der Waals surface area contributed by atoms with Gasteiger partial charge in [-0.25, -0.2) is 5.32 Å². The van der Waals surface area contributed by atoms with Crippen LogP contribution < -0.4 is 5.32 Å². The molecule has 1 unspecified atom stereocenters. The van der Waals surface area contributed by atoms with Crippen LogP contribution in [0.15, 0.2) is 0 Å². The second-order valence-electron chi connectivity index (χ2n) is 3.56. The van der Waals surface area contributed by atoms with Gasteiger partial charge in [0, 0.05) is 6.54 Å². The minimum absolute atomic E-state index is 0.560. The fourth-order valence-corrected chi connectivity index (χ4v) is 1.89. The smallest absolute Gasteiger partial charge is 0.0761 e. The Bertz CT molecular complexity index is 102. The second-order valence-corrected chi connectivity index (χ2v) is 3.56. The molecule has 1 aliphatic rings. The van der Waals surface area contributed by atoms with E-state index >= 15 is 0 Å². The summed E-state index contributed by atoms with van der Waals surface area (Å²) in [5.41, 5.74) is 0. The molecule has 0 aromatic heterocycles. The van der Waals surface area contributed by atoms with Gasteiger partial charge in [-0.2, -0.15) is 0 Å². The van der Waals surface area contributed by atoms with Crippen LogP contribution in [0.25, 0.3) is 0 Å². The van der Waals surface area contributed by atoms with Gasteiger partial charge in [0.05, 0.1) is 6.17 Å². The number of hydrogen-bond donors (Lipinski definition) is 0. The minimum Gasteiger partial charge on any atom is -0.287 e. The Kier molecular flexibility index (Phi) is 4.62. The molecule has 1 fully saturated rings. The average Bonchev–Trinajstić information content (AvgIpc) is 2.56. The van der Waals surface area contributed by atoms with Crippen molar-refractivity contribution in [3.05, 3.63) is 0 Å². The normalized spacial score (nSPS) is 23.8. The van der Waals surface area contributed by atoms with Gasteiger partial charge in [0.1, 0.15) is 0 Å². The molecule has 0 aromatic carbocycles. The SMILES string of the molecule is CCCN(CCC)C1CCC[N]1. The molecular weight excluding hydrogens is 148 g/mol. The fraction of sp³-hybridized carbons (Fsp3) is 1.00. The molecule has 2 nitrogen and oxygen atoms in total. The summed E-state index contributed by atoms with van der Waals surface area (Å²) in [6.45, 7) is 8.04. The standard InChI is InChI=1S/C10H21N2/c1-3-8-12(9-4-2)10-6-5-7-11-10/h10H,3-9H2,1-2H3. The Labute approximate surface area is 76.3 Å². The lowest BCUT2D eigenvalue weighted by Gasteiger charge is -2.26. The van der Waals surface area contributed by atoms with Crippen molar-refractivity contribution in [1.29, 1.82) is 0 Å². The third kappa shape index (κ3) is 2.76. The molecule has 71 valence electrons. The van der Waals surface area contributed by atoms with Crippen molar-refractivity contribution in [1.82, 2.24) is 10.2 Å². The predicted molar refractivity (Wildman–Crippen MR) is 52.2 cm³/mol. The highest BCUT2D eigenvalue weighted by Gasteiger charge is 2.21. The third-order valence-electron chi connectivity index (χ3n) is 2.40. The van der Waals surface area contributed by atoms with E-state index in [1.165, 1.54) is 38.8 Å². The highest BCUT2D eigenvalue weighted by Crippen LogP contribution is 2.12. The third-order valence-corrected chi connectivity index (χ3v) is 2.40. The lowest BCUT2D eigenvalue weighted by molar-refractivity contribution is 0.179. The zero-order valence-electron chi connectivity index (χ0n) is 8.42. The van der Waals surface area contributed by atoms with Crippen LogP contribution in [0.3, 0.4) is 0 Å². The van der Waals surface area contributed by atoms with E-state index in [2.05, 4.69) is 24.1 Å². The number of hydrogen-bond acceptors (Lipinski definition) is 1. The van der Waals surface area contributed by atoms with Crippen LogP contribution in [0.4, 0.5) is 0 Å². The maximum absolute atomic E-state index is 4.60. The van der Waals surface area contributed by atoms with Crippen molar-refractivity contribution in [2.24, 2.45) is 0 Å². The van der Waals surface area contributed by atoms with Gasteiger partial charge in [0.2, 0.25) is 0 Å². The first kappa shape index (κ1) is 10.0. The molecule has 1 aliphatic heterocycles. The molecule has 0 spiro atoms. The molecule has 0 bridgehead atoms. The van der Waals surface area contributed by atoms with E-state index in [4.69, 9.17) is 0 Å². The van der Waals surface area contributed by atoms with Crippen LogP contribution in [0, 0.1) is 0 Å². The molecule has 1 saturated heterocycles. The average molecular weight is 169 g/mol. The van der Waals surface area contributed by atoms with Crippen molar-refractivity contribution >= 4 is 0 Å². The van der Waals surface area contributed by atoms with Gasteiger partial charge >= 0.3 is 0 Å². The maximum Gasteiger partial charge on any atom is 0.0761 e. The fourth-order valence-electron chi connectivity index (χ4n) is 1.89. The first-order valence-corrected chi connectivity index (χ1v) is 5.29. The quantitative estimate of drug-likeness (QED) is 0.614. The zero-order valence-corrected chi connectivity index (χ0v) is 8.42. The molecule has 0 saturated carbocycles. The summed E-state index contributed by atoms with van der Waals surface area (Å²) in [5, 5.41) is 4.60. The summed E-state index contributed by atoms with van der Waals surface area (Å²) in [7, 11) is 0. The molecule has 12 heavy (non-hydrogen) atoms. The number of rotatable bonds is 5. The van der Waals surface area contributed by atoms with Gasteiger partial charge in [-0.3, -0.25) is 4.90 Å². The van der Waals surface area contributed by atoms with Crippen molar-refractivity contribution in [3.63, 3.8) is 0 Å². The van der Waals surface area contributed by atoms with Crippen LogP contribution in [-0.4, -0.2) is 30.7 Å². The summed E-state index contributed by atoms with van der Waals surface area (Å²) in [4.78, 5) is 2.53. The van der Waals surface area contributed by atoms with Crippen LogP contribution in [0.2, 0.25) is 0 Å². The summed E-state index contributed by atoms with van der Waals surface area (Å²) in [6, 6.07) is 0. The Morgan fingerprint density at radius 3 is 2.33 bits per heavy atom. The summed E-state index contributed by atoms with van der Waals surface area (Å²) < 4.78 is 0. The van der Waals surface area contributed by atoms with Crippen LogP contribution >= 0.6 is 0 Å². The largest absolute Gasteiger partial charge is 0.287 e. The van der Waals surface area contributed by atoms with E-state index in [0.717, 1.165) is 6.54 Å². The first-order chi connectivity index (χ1) is 5.88. The molecule has 1 atom stereocenters. The highest BCUT2D eigenvalue weighted by atomic mass is 15.3. The van der Waals surface area contributed by atoms with Crippen LogP contribution in [-0.2, 0) is 0 Å². The lowest BCUT2D eigenvalue weighted by Crippen LogP contribution is -2.39. The summed E-state index contributed by atoms with van der Waals surface area (Å²) in [5.74, 6) is 0. The molecule has 1 radical (unpaired) electrons. The second kappa shape index (κ2) is 5.55. The van der Waals surface area contributed by atoms with E-state index in [1.54, 1.807) is 0 Å². The molecule has 0 amide bonds. The molecule has 0 N–H and O–H groups in total. The van der Waals surface area contributed by atoms with Gasteiger partial charge in [-0.15, -0.1) is 0 Å². The topological polar surface area (TPSA) is 17.3 Å².